The van der Waals surface area contributed by atoms with Gasteiger partial charge in [-0.05, 0) is 54.7 Å². The van der Waals surface area contributed by atoms with E-state index in [1.807, 2.05) is 79.2 Å². The van der Waals surface area contributed by atoms with E-state index in [1.54, 1.807) is 4.90 Å². The smallest absolute Gasteiger partial charge is 0.240 e. The Morgan fingerprint density at radius 1 is 1.05 bits per heavy atom. The summed E-state index contributed by atoms with van der Waals surface area (Å²) in [7, 11) is 0. The Bertz CT molecular complexity index is 1650. The highest BCUT2D eigenvalue weighted by Crippen LogP contribution is 2.50. The zero-order valence-electron chi connectivity index (χ0n) is 24.2. The van der Waals surface area contributed by atoms with Gasteiger partial charge < -0.3 is 14.8 Å². The van der Waals surface area contributed by atoms with E-state index in [9.17, 15) is 9.59 Å². The van der Waals surface area contributed by atoms with E-state index in [1.165, 1.54) is 11.8 Å². The maximum absolute atomic E-state index is 13.9. The summed E-state index contributed by atoms with van der Waals surface area (Å²) in [6.07, 6.45) is 0. The van der Waals surface area contributed by atoms with Crippen LogP contribution in [0.4, 0.5) is 5.82 Å². The minimum atomic E-state index is -0.253. The number of carbonyl (C=O) groups is 2. The van der Waals surface area contributed by atoms with Gasteiger partial charge in [-0.15, -0.1) is 11.8 Å². The molecule has 3 aromatic carbocycles. The number of nitrogens with zero attached hydrogens (tertiary/aromatic N) is 3. The van der Waals surface area contributed by atoms with Crippen molar-refractivity contribution in [1.29, 1.82) is 0 Å². The molecule has 6 rings (SSSR count). The molecular formula is C33H34N4O4S. The van der Waals surface area contributed by atoms with E-state index >= 15 is 0 Å². The van der Waals surface area contributed by atoms with Crippen LogP contribution >= 0.6 is 11.8 Å². The van der Waals surface area contributed by atoms with Gasteiger partial charge in [0.05, 0.1) is 22.4 Å². The van der Waals surface area contributed by atoms with Crippen molar-refractivity contribution in [2.45, 2.75) is 32.9 Å². The fourth-order valence-corrected chi connectivity index (χ4v) is 6.51. The van der Waals surface area contributed by atoms with Crippen LogP contribution in [0.1, 0.15) is 41.4 Å². The van der Waals surface area contributed by atoms with Gasteiger partial charge in [0.15, 0.2) is 11.5 Å². The molecule has 0 bridgehead atoms. The van der Waals surface area contributed by atoms with Crippen LogP contribution in [-0.4, -0.2) is 47.2 Å². The lowest BCUT2D eigenvalue weighted by Gasteiger charge is -2.24. The van der Waals surface area contributed by atoms with Gasteiger partial charge in [0.1, 0.15) is 12.4 Å². The fourth-order valence-electron chi connectivity index (χ4n) is 5.32. The van der Waals surface area contributed by atoms with Crippen molar-refractivity contribution in [3.63, 3.8) is 0 Å². The third-order valence-corrected chi connectivity index (χ3v) is 8.90. The lowest BCUT2D eigenvalue weighted by molar-refractivity contribution is -0.123. The maximum Gasteiger partial charge on any atom is 0.240 e. The van der Waals surface area contributed by atoms with Gasteiger partial charge in [-0.25, -0.2) is 4.68 Å². The summed E-state index contributed by atoms with van der Waals surface area (Å²) >= 11 is 1.53. The zero-order valence-corrected chi connectivity index (χ0v) is 25.0. The first-order chi connectivity index (χ1) is 20.3. The highest BCUT2D eigenvalue weighted by Gasteiger charge is 2.38. The van der Waals surface area contributed by atoms with Gasteiger partial charge in [-0.3, -0.25) is 14.5 Å². The Hall–Kier alpha value is -4.24. The molecule has 1 N–H and O–H groups in total. The second-order valence-corrected chi connectivity index (χ2v) is 12.2. The van der Waals surface area contributed by atoms with Crippen molar-refractivity contribution in [1.82, 2.24) is 15.1 Å². The number of nitrogens with one attached hydrogen (secondary N) is 1. The Labute approximate surface area is 250 Å². The number of fused-ring (bicyclic) bond motifs is 2. The molecule has 2 aliphatic rings. The van der Waals surface area contributed by atoms with E-state index in [2.05, 4.69) is 25.2 Å². The molecule has 0 aliphatic carbocycles. The first-order valence-electron chi connectivity index (χ1n) is 14.1. The lowest BCUT2D eigenvalue weighted by Crippen LogP contribution is -2.43. The van der Waals surface area contributed by atoms with E-state index in [0.717, 1.165) is 39.2 Å². The van der Waals surface area contributed by atoms with Crippen LogP contribution in [0.3, 0.4) is 0 Å². The topological polar surface area (TPSA) is 85.7 Å². The molecule has 0 saturated heterocycles. The van der Waals surface area contributed by atoms with Crippen molar-refractivity contribution in [2.75, 3.05) is 30.5 Å². The average Bonchev–Trinajstić information content (AvgIpc) is 3.58. The van der Waals surface area contributed by atoms with Crippen molar-refractivity contribution in [2.24, 2.45) is 5.92 Å². The SMILES string of the molecule is Cc1cccc(-n2nc(-c3ccccc3)c3c2N(CC(=O)NCC(C)C)C(=O)CS[C@@H]3c2ccc3c(c2)OCO3)c1C. The molecule has 2 amide bonds. The molecule has 42 heavy (non-hydrogen) atoms. The number of rotatable bonds is 7. The number of amides is 2. The number of anilines is 1. The van der Waals surface area contributed by atoms with Gasteiger partial charge in [0.25, 0.3) is 0 Å². The van der Waals surface area contributed by atoms with Gasteiger partial charge in [-0.2, -0.15) is 5.10 Å². The average molecular weight is 583 g/mol. The van der Waals surface area contributed by atoms with Crippen LogP contribution in [0.25, 0.3) is 16.9 Å². The zero-order chi connectivity index (χ0) is 29.4. The van der Waals surface area contributed by atoms with Crippen LogP contribution < -0.4 is 19.7 Å². The molecule has 4 aromatic rings. The molecule has 2 aliphatic heterocycles. The number of aromatic nitrogens is 2. The molecule has 0 fully saturated rings. The lowest BCUT2D eigenvalue weighted by atomic mass is 9.99. The summed E-state index contributed by atoms with van der Waals surface area (Å²) in [4.78, 5) is 28.8. The first-order valence-corrected chi connectivity index (χ1v) is 15.2. The van der Waals surface area contributed by atoms with Crippen LogP contribution in [0.2, 0.25) is 0 Å². The number of ether oxygens (including phenoxy) is 2. The van der Waals surface area contributed by atoms with E-state index < -0.39 is 0 Å². The predicted molar refractivity (Wildman–Crippen MR) is 166 cm³/mol. The van der Waals surface area contributed by atoms with Crippen molar-refractivity contribution in [3.8, 4) is 28.4 Å². The number of carbonyl (C=O) groups excluding carboxylic acids is 2. The second-order valence-electron chi connectivity index (χ2n) is 11.1. The van der Waals surface area contributed by atoms with Gasteiger partial charge in [-0.1, -0.05) is 62.4 Å². The number of hydrogen-bond donors (Lipinski definition) is 1. The Balaban J connectivity index is 1.60. The molecule has 0 saturated carbocycles. The Morgan fingerprint density at radius 2 is 1.83 bits per heavy atom. The van der Waals surface area contributed by atoms with Crippen LogP contribution in [0.15, 0.2) is 66.7 Å². The van der Waals surface area contributed by atoms with E-state index in [4.69, 9.17) is 14.6 Å². The number of hydrogen-bond acceptors (Lipinski definition) is 6. The third-order valence-electron chi connectivity index (χ3n) is 7.65. The van der Waals surface area contributed by atoms with Gasteiger partial charge in [0.2, 0.25) is 18.6 Å². The fraction of sp³-hybridized carbons (Fsp3) is 0.303. The molecular weight excluding hydrogens is 548 g/mol. The van der Waals surface area contributed by atoms with Crippen LogP contribution in [-0.2, 0) is 9.59 Å². The molecule has 8 nitrogen and oxygen atoms in total. The monoisotopic (exact) mass is 582 g/mol. The molecule has 0 spiro atoms. The standard InChI is InChI=1S/C33H34N4O4S/c1-20(2)16-34-28(38)17-36-29(39)18-42-32(24-13-14-26-27(15-24)41-19-40-26)30-31(23-10-6-5-7-11-23)35-37(33(30)36)25-12-8-9-21(3)22(25)4/h5-15,20,32H,16-19H2,1-4H3,(H,34,38)/t32-/m1/s1. The highest BCUT2D eigenvalue weighted by molar-refractivity contribution is 8.00. The molecule has 216 valence electrons. The normalized spacial score (nSPS) is 16.0. The summed E-state index contributed by atoms with van der Waals surface area (Å²) in [6, 6.07) is 22.0. The molecule has 0 unspecified atom stereocenters. The number of benzene rings is 3. The minimum Gasteiger partial charge on any atom is -0.454 e. The number of thioether (sulfide) groups is 1. The Kier molecular flexibility index (Phi) is 7.68. The summed E-state index contributed by atoms with van der Waals surface area (Å²) in [5.74, 6) is 2.14. The van der Waals surface area contributed by atoms with Crippen LogP contribution in [0.5, 0.6) is 11.5 Å². The second kappa shape index (κ2) is 11.6. The Morgan fingerprint density at radius 3 is 2.62 bits per heavy atom. The minimum absolute atomic E-state index is 0.0994. The summed E-state index contributed by atoms with van der Waals surface area (Å²) in [5, 5.41) is 7.95. The van der Waals surface area contributed by atoms with Crippen molar-refractivity contribution >= 4 is 29.4 Å². The first kappa shape index (κ1) is 27.9. The van der Waals surface area contributed by atoms with E-state index in [-0.39, 0.29) is 36.2 Å². The molecule has 3 heterocycles. The van der Waals surface area contributed by atoms with Gasteiger partial charge >= 0.3 is 0 Å². The molecule has 1 atom stereocenters. The van der Waals surface area contributed by atoms with Crippen molar-refractivity contribution < 1.29 is 19.1 Å². The van der Waals surface area contributed by atoms with E-state index in [0.29, 0.717) is 29.8 Å². The highest BCUT2D eigenvalue weighted by atomic mass is 32.2. The predicted octanol–water partition coefficient (Wildman–Crippen LogP) is 5.83. The maximum atomic E-state index is 13.9. The third kappa shape index (κ3) is 5.25. The summed E-state index contributed by atoms with van der Waals surface area (Å²) in [5.41, 5.74) is 6.59. The van der Waals surface area contributed by atoms with Crippen LogP contribution in [0, 0.1) is 19.8 Å². The molecule has 9 heteroatoms. The summed E-state index contributed by atoms with van der Waals surface area (Å²) in [6.45, 7) is 8.83. The summed E-state index contributed by atoms with van der Waals surface area (Å²) < 4.78 is 13.2. The van der Waals surface area contributed by atoms with Gasteiger partial charge in [0, 0.05) is 17.7 Å². The largest absolute Gasteiger partial charge is 0.454 e. The molecule has 1 aromatic heterocycles. The van der Waals surface area contributed by atoms with Crippen molar-refractivity contribution in [3.05, 3.63) is 89.0 Å². The number of aryl methyl sites for hydroxylation is 1. The molecule has 0 radical (unpaired) electrons. The quantitative estimate of drug-likeness (QED) is 0.295.